The van der Waals surface area contributed by atoms with Gasteiger partial charge in [0.1, 0.15) is 5.76 Å². The molecule has 2 aromatic heterocycles. The SMILES string of the molecule is Cc1noc(C)c1C(C)Nc1ccc(N)c2cccnc12. The largest absolute Gasteiger partial charge is 0.398 e. The van der Waals surface area contributed by atoms with Crippen molar-refractivity contribution in [1.82, 2.24) is 10.1 Å². The first-order valence-electron chi connectivity index (χ1n) is 6.90. The number of hydrogen-bond donors (Lipinski definition) is 2. The van der Waals surface area contributed by atoms with Crippen LogP contribution in [0.1, 0.15) is 30.0 Å². The first kappa shape index (κ1) is 13.4. The maximum atomic E-state index is 6.01. The van der Waals surface area contributed by atoms with Crippen LogP contribution in [0, 0.1) is 13.8 Å². The van der Waals surface area contributed by atoms with Crippen LogP contribution in [0.4, 0.5) is 11.4 Å². The lowest BCUT2D eigenvalue weighted by Crippen LogP contribution is -2.09. The van der Waals surface area contributed by atoms with Gasteiger partial charge in [0.05, 0.1) is 22.9 Å². The van der Waals surface area contributed by atoms with Gasteiger partial charge in [0.2, 0.25) is 0 Å². The highest BCUT2D eigenvalue weighted by molar-refractivity contribution is 5.98. The molecular formula is C16H18N4O. The molecule has 5 nitrogen and oxygen atoms in total. The Hall–Kier alpha value is -2.56. The monoisotopic (exact) mass is 282 g/mol. The Labute approximate surface area is 123 Å². The van der Waals surface area contributed by atoms with Crippen LogP contribution in [-0.4, -0.2) is 10.1 Å². The van der Waals surface area contributed by atoms with Crippen molar-refractivity contribution in [2.45, 2.75) is 26.8 Å². The van der Waals surface area contributed by atoms with E-state index < -0.39 is 0 Å². The number of benzene rings is 1. The van der Waals surface area contributed by atoms with Crippen LogP contribution in [0.3, 0.4) is 0 Å². The van der Waals surface area contributed by atoms with Crippen LogP contribution >= 0.6 is 0 Å². The molecule has 0 saturated carbocycles. The Morgan fingerprint density at radius 1 is 1.24 bits per heavy atom. The molecule has 2 heterocycles. The lowest BCUT2D eigenvalue weighted by molar-refractivity contribution is 0.392. The molecule has 0 fully saturated rings. The Bertz CT molecular complexity index is 775. The number of pyridine rings is 1. The van der Waals surface area contributed by atoms with Gasteiger partial charge in [0.15, 0.2) is 0 Å². The number of aromatic nitrogens is 2. The minimum atomic E-state index is 0.0741. The minimum absolute atomic E-state index is 0.0741. The second-order valence-electron chi connectivity index (χ2n) is 5.21. The molecule has 0 bridgehead atoms. The van der Waals surface area contributed by atoms with Gasteiger partial charge in [-0.2, -0.15) is 0 Å². The lowest BCUT2D eigenvalue weighted by atomic mass is 10.1. The summed E-state index contributed by atoms with van der Waals surface area (Å²) in [6.45, 7) is 5.95. The smallest absolute Gasteiger partial charge is 0.139 e. The van der Waals surface area contributed by atoms with E-state index in [9.17, 15) is 0 Å². The second kappa shape index (κ2) is 5.09. The zero-order valence-corrected chi connectivity index (χ0v) is 12.3. The summed E-state index contributed by atoms with van der Waals surface area (Å²) in [7, 11) is 0. The highest BCUT2D eigenvalue weighted by Crippen LogP contribution is 2.30. The van der Waals surface area contributed by atoms with E-state index in [1.54, 1.807) is 6.20 Å². The highest BCUT2D eigenvalue weighted by atomic mass is 16.5. The molecule has 0 radical (unpaired) electrons. The van der Waals surface area contributed by atoms with Crippen LogP contribution in [0.15, 0.2) is 35.0 Å². The molecule has 0 aliphatic heterocycles. The molecule has 0 aliphatic carbocycles. The fourth-order valence-electron chi connectivity index (χ4n) is 2.72. The van der Waals surface area contributed by atoms with Crippen molar-refractivity contribution in [3.05, 3.63) is 47.5 Å². The summed E-state index contributed by atoms with van der Waals surface area (Å²) in [5.41, 5.74) is 10.5. The summed E-state index contributed by atoms with van der Waals surface area (Å²) in [6.07, 6.45) is 1.77. The molecule has 108 valence electrons. The Morgan fingerprint density at radius 3 is 2.76 bits per heavy atom. The number of nitrogens with two attached hydrogens (primary N) is 1. The van der Waals surface area contributed by atoms with Crippen molar-refractivity contribution in [3.8, 4) is 0 Å². The Morgan fingerprint density at radius 2 is 2.05 bits per heavy atom. The first-order chi connectivity index (χ1) is 10.1. The number of rotatable bonds is 3. The van der Waals surface area contributed by atoms with Crippen molar-refractivity contribution in [2.24, 2.45) is 0 Å². The van der Waals surface area contributed by atoms with Crippen molar-refractivity contribution >= 4 is 22.3 Å². The quantitative estimate of drug-likeness (QED) is 0.718. The van der Waals surface area contributed by atoms with Gasteiger partial charge in [-0.3, -0.25) is 4.98 Å². The average Bonchev–Trinajstić information content (AvgIpc) is 2.81. The van der Waals surface area contributed by atoms with Gasteiger partial charge in [-0.25, -0.2) is 0 Å². The Kier molecular flexibility index (Phi) is 3.25. The molecule has 21 heavy (non-hydrogen) atoms. The van der Waals surface area contributed by atoms with Crippen molar-refractivity contribution < 1.29 is 4.52 Å². The van der Waals surface area contributed by atoms with Gasteiger partial charge in [0, 0.05) is 22.8 Å². The summed E-state index contributed by atoms with van der Waals surface area (Å²) in [6, 6.07) is 7.79. The summed E-state index contributed by atoms with van der Waals surface area (Å²) < 4.78 is 5.24. The number of anilines is 2. The van der Waals surface area contributed by atoms with Gasteiger partial charge < -0.3 is 15.6 Å². The Balaban J connectivity index is 2.01. The van der Waals surface area contributed by atoms with Gasteiger partial charge >= 0.3 is 0 Å². The molecular weight excluding hydrogens is 264 g/mol. The molecule has 0 aliphatic rings. The number of nitrogens with one attached hydrogen (secondary N) is 1. The molecule has 0 saturated heterocycles. The standard InChI is InChI=1S/C16H18N4O/c1-9(15-10(2)20-21-11(15)3)19-14-7-6-13(17)12-5-4-8-18-16(12)14/h4-9,19H,17H2,1-3H3. The predicted octanol–water partition coefficient (Wildman–Crippen LogP) is 3.59. The summed E-state index contributed by atoms with van der Waals surface area (Å²) in [4.78, 5) is 4.44. The van der Waals surface area contributed by atoms with E-state index in [-0.39, 0.29) is 6.04 Å². The maximum absolute atomic E-state index is 6.01. The lowest BCUT2D eigenvalue weighted by Gasteiger charge is -2.17. The topological polar surface area (TPSA) is 77.0 Å². The van der Waals surface area contributed by atoms with Crippen LogP contribution in [0.25, 0.3) is 10.9 Å². The van der Waals surface area contributed by atoms with Gasteiger partial charge in [0.25, 0.3) is 0 Å². The average molecular weight is 282 g/mol. The predicted molar refractivity (Wildman–Crippen MR) is 84.2 cm³/mol. The fraction of sp³-hybridized carbons (Fsp3) is 0.250. The molecule has 3 N–H and O–H groups in total. The van der Waals surface area contributed by atoms with E-state index in [2.05, 4.69) is 22.4 Å². The van der Waals surface area contributed by atoms with E-state index >= 15 is 0 Å². The molecule has 0 spiro atoms. The van der Waals surface area contributed by atoms with Crippen molar-refractivity contribution in [2.75, 3.05) is 11.1 Å². The number of aryl methyl sites for hydroxylation is 2. The number of fused-ring (bicyclic) bond motifs is 1. The van der Waals surface area contributed by atoms with Gasteiger partial charge in [-0.15, -0.1) is 0 Å². The van der Waals surface area contributed by atoms with E-state index in [1.807, 2.05) is 38.1 Å². The zero-order valence-electron chi connectivity index (χ0n) is 12.3. The molecule has 1 aromatic carbocycles. The fourth-order valence-corrected chi connectivity index (χ4v) is 2.72. The number of nitrogen functional groups attached to an aromatic ring is 1. The number of hydrogen-bond acceptors (Lipinski definition) is 5. The third-order valence-electron chi connectivity index (χ3n) is 3.70. The van der Waals surface area contributed by atoms with E-state index in [4.69, 9.17) is 10.3 Å². The van der Waals surface area contributed by atoms with Gasteiger partial charge in [-0.05, 0) is 45.0 Å². The third kappa shape index (κ3) is 2.31. The van der Waals surface area contributed by atoms with E-state index in [0.717, 1.165) is 39.3 Å². The normalized spacial score (nSPS) is 12.5. The van der Waals surface area contributed by atoms with Crippen molar-refractivity contribution in [3.63, 3.8) is 0 Å². The van der Waals surface area contributed by atoms with Crippen LogP contribution in [0.2, 0.25) is 0 Å². The molecule has 0 amide bonds. The van der Waals surface area contributed by atoms with Crippen LogP contribution < -0.4 is 11.1 Å². The maximum Gasteiger partial charge on any atom is 0.139 e. The summed E-state index contributed by atoms with van der Waals surface area (Å²) >= 11 is 0. The van der Waals surface area contributed by atoms with Gasteiger partial charge in [-0.1, -0.05) is 5.16 Å². The van der Waals surface area contributed by atoms with E-state index in [0.29, 0.717) is 0 Å². The molecule has 1 atom stereocenters. The first-order valence-corrected chi connectivity index (χ1v) is 6.90. The van der Waals surface area contributed by atoms with E-state index in [1.165, 1.54) is 0 Å². The minimum Gasteiger partial charge on any atom is -0.398 e. The molecule has 5 heteroatoms. The van der Waals surface area contributed by atoms with Crippen LogP contribution in [-0.2, 0) is 0 Å². The zero-order chi connectivity index (χ0) is 15.0. The number of nitrogens with zero attached hydrogens (tertiary/aromatic N) is 2. The summed E-state index contributed by atoms with van der Waals surface area (Å²) in [5, 5.41) is 8.44. The molecule has 3 rings (SSSR count). The third-order valence-corrected chi connectivity index (χ3v) is 3.70. The van der Waals surface area contributed by atoms with Crippen molar-refractivity contribution in [1.29, 1.82) is 0 Å². The molecule has 1 unspecified atom stereocenters. The molecule has 3 aromatic rings. The highest BCUT2D eigenvalue weighted by Gasteiger charge is 2.17. The van der Waals surface area contributed by atoms with Crippen LogP contribution in [0.5, 0.6) is 0 Å². The summed E-state index contributed by atoms with van der Waals surface area (Å²) in [5.74, 6) is 0.834. The second-order valence-corrected chi connectivity index (χ2v) is 5.21.